The summed E-state index contributed by atoms with van der Waals surface area (Å²) in [5, 5.41) is 0.257. The Kier molecular flexibility index (Phi) is 6.87. The number of halogens is 1. The molecule has 1 nitrogen and oxygen atoms in total. The number of rotatable bonds is 6. The molecule has 0 heterocycles. The van der Waals surface area contributed by atoms with E-state index in [-0.39, 0.29) is 5.38 Å². The fourth-order valence-corrected chi connectivity index (χ4v) is 0.944. The number of ether oxygens (including phenoxy) is 1. The Morgan fingerprint density at radius 2 is 1.75 bits per heavy atom. The van der Waals surface area contributed by atoms with Crippen LogP contribution < -0.4 is 0 Å². The van der Waals surface area contributed by atoms with Crippen molar-refractivity contribution in [1.82, 2.24) is 0 Å². The van der Waals surface area contributed by atoms with Crippen LogP contribution in [0.3, 0.4) is 0 Å². The van der Waals surface area contributed by atoms with Crippen LogP contribution in [0.4, 0.5) is 0 Å². The predicted molar refractivity (Wildman–Crippen MR) is 54.8 cm³/mol. The normalized spacial score (nSPS) is 16.5. The third-order valence-electron chi connectivity index (χ3n) is 1.95. The van der Waals surface area contributed by atoms with Crippen molar-refractivity contribution in [2.24, 2.45) is 11.8 Å². The van der Waals surface area contributed by atoms with Gasteiger partial charge in [-0.2, -0.15) is 0 Å². The summed E-state index contributed by atoms with van der Waals surface area (Å²) < 4.78 is 5.46. The molecule has 74 valence electrons. The molecule has 0 aliphatic rings. The lowest BCUT2D eigenvalue weighted by Gasteiger charge is -2.14. The molecule has 0 aliphatic heterocycles. The maximum Gasteiger partial charge on any atom is 0.0488 e. The fourth-order valence-electron chi connectivity index (χ4n) is 0.818. The molecule has 0 radical (unpaired) electrons. The first-order chi connectivity index (χ1) is 5.54. The third kappa shape index (κ3) is 6.93. The van der Waals surface area contributed by atoms with Gasteiger partial charge in [-0.15, -0.1) is 11.6 Å². The molecule has 0 saturated carbocycles. The third-order valence-corrected chi connectivity index (χ3v) is 2.38. The van der Waals surface area contributed by atoms with E-state index in [9.17, 15) is 0 Å². The van der Waals surface area contributed by atoms with Gasteiger partial charge in [-0.1, -0.05) is 20.8 Å². The van der Waals surface area contributed by atoms with Gasteiger partial charge >= 0.3 is 0 Å². The summed E-state index contributed by atoms with van der Waals surface area (Å²) in [7, 11) is 0. The maximum absolute atomic E-state index is 5.91. The largest absolute Gasteiger partial charge is 0.381 e. The molecule has 2 atom stereocenters. The van der Waals surface area contributed by atoms with E-state index < -0.39 is 0 Å². The van der Waals surface area contributed by atoms with E-state index in [1.54, 1.807) is 0 Å². The van der Waals surface area contributed by atoms with Crippen molar-refractivity contribution in [3.63, 3.8) is 0 Å². The Morgan fingerprint density at radius 1 is 1.17 bits per heavy atom. The van der Waals surface area contributed by atoms with Gasteiger partial charge in [0.1, 0.15) is 0 Å². The van der Waals surface area contributed by atoms with Gasteiger partial charge in [0, 0.05) is 18.6 Å². The molecule has 0 aromatic carbocycles. The first-order valence-corrected chi connectivity index (χ1v) is 5.19. The molecule has 0 rings (SSSR count). The minimum absolute atomic E-state index is 0.257. The molecule has 0 aromatic heterocycles. The van der Waals surface area contributed by atoms with Crippen molar-refractivity contribution >= 4 is 11.6 Å². The van der Waals surface area contributed by atoms with E-state index in [1.807, 2.05) is 6.92 Å². The highest BCUT2D eigenvalue weighted by atomic mass is 35.5. The Balaban J connectivity index is 3.20. The summed E-state index contributed by atoms with van der Waals surface area (Å²) in [6.45, 7) is 10.2. The molecule has 0 aliphatic carbocycles. The van der Waals surface area contributed by atoms with Gasteiger partial charge in [0.05, 0.1) is 0 Å². The second kappa shape index (κ2) is 6.73. The van der Waals surface area contributed by atoms with Crippen LogP contribution >= 0.6 is 11.6 Å². The number of alkyl halides is 1. The molecule has 0 fully saturated rings. The van der Waals surface area contributed by atoms with Crippen LogP contribution in [0.25, 0.3) is 0 Å². The molecule has 0 amide bonds. The standard InChI is InChI=1S/C10H21ClO/c1-8(2)7-12-6-5-9(3)10(4)11/h8-10H,5-7H2,1-4H3. The van der Waals surface area contributed by atoms with Crippen molar-refractivity contribution in [3.8, 4) is 0 Å². The quantitative estimate of drug-likeness (QED) is 0.464. The molecule has 0 N–H and O–H groups in total. The highest BCUT2D eigenvalue weighted by Crippen LogP contribution is 2.13. The van der Waals surface area contributed by atoms with Crippen molar-refractivity contribution in [2.75, 3.05) is 13.2 Å². The molecule has 0 saturated heterocycles. The van der Waals surface area contributed by atoms with Gasteiger partial charge in [-0.3, -0.25) is 0 Å². The van der Waals surface area contributed by atoms with Crippen LogP contribution in [-0.4, -0.2) is 18.6 Å². The highest BCUT2D eigenvalue weighted by molar-refractivity contribution is 6.20. The maximum atomic E-state index is 5.91. The summed E-state index contributed by atoms with van der Waals surface area (Å²) in [5.41, 5.74) is 0. The second-order valence-electron chi connectivity index (χ2n) is 3.91. The zero-order chi connectivity index (χ0) is 9.56. The van der Waals surface area contributed by atoms with Gasteiger partial charge in [0.25, 0.3) is 0 Å². The Hall–Kier alpha value is 0.250. The Labute approximate surface area is 81.4 Å². The van der Waals surface area contributed by atoms with Gasteiger partial charge in [0.15, 0.2) is 0 Å². The summed E-state index contributed by atoms with van der Waals surface area (Å²) in [6.07, 6.45) is 1.07. The summed E-state index contributed by atoms with van der Waals surface area (Å²) in [4.78, 5) is 0. The summed E-state index contributed by atoms with van der Waals surface area (Å²) in [6, 6.07) is 0. The van der Waals surface area contributed by atoms with E-state index in [0.717, 1.165) is 19.6 Å². The topological polar surface area (TPSA) is 9.23 Å². The van der Waals surface area contributed by atoms with Crippen molar-refractivity contribution in [3.05, 3.63) is 0 Å². The van der Waals surface area contributed by atoms with E-state index in [4.69, 9.17) is 16.3 Å². The van der Waals surface area contributed by atoms with Crippen LogP contribution in [0, 0.1) is 11.8 Å². The zero-order valence-corrected chi connectivity index (χ0v) is 9.40. The monoisotopic (exact) mass is 192 g/mol. The van der Waals surface area contributed by atoms with Crippen molar-refractivity contribution < 1.29 is 4.74 Å². The molecule has 0 bridgehead atoms. The molecule has 2 unspecified atom stereocenters. The molecular formula is C10H21ClO. The SMILES string of the molecule is CC(C)COCCC(C)C(C)Cl. The minimum atomic E-state index is 0.257. The first-order valence-electron chi connectivity index (χ1n) is 4.75. The zero-order valence-electron chi connectivity index (χ0n) is 8.64. The average molecular weight is 193 g/mol. The summed E-state index contributed by atoms with van der Waals surface area (Å²) in [5.74, 6) is 1.19. The van der Waals surface area contributed by atoms with Crippen LogP contribution in [0.1, 0.15) is 34.1 Å². The molecule has 0 aromatic rings. The Bertz CT molecular complexity index is 102. The smallest absolute Gasteiger partial charge is 0.0488 e. The lowest BCUT2D eigenvalue weighted by molar-refractivity contribution is 0.0993. The fraction of sp³-hybridized carbons (Fsp3) is 1.00. The van der Waals surface area contributed by atoms with E-state index >= 15 is 0 Å². The van der Waals surface area contributed by atoms with Gasteiger partial charge in [-0.25, -0.2) is 0 Å². The average Bonchev–Trinajstić information content (AvgIpc) is 1.97. The predicted octanol–water partition coefficient (Wildman–Crippen LogP) is 3.31. The van der Waals surface area contributed by atoms with E-state index in [0.29, 0.717) is 11.8 Å². The molecule has 2 heteroatoms. The van der Waals surface area contributed by atoms with E-state index in [2.05, 4.69) is 20.8 Å². The van der Waals surface area contributed by atoms with Gasteiger partial charge in [0.2, 0.25) is 0 Å². The second-order valence-corrected chi connectivity index (χ2v) is 4.60. The molecule has 12 heavy (non-hydrogen) atoms. The molecule has 0 spiro atoms. The first kappa shape index (κ1) is 12.2. The van der Waals surface area contributed by atoms with Crippen LogP contribution in [-0.2, 0) is 4.74 Å². The van der Waals surface area contributed by atoms with Crippen molar-refractivity contribution in [1.29, 1.82) is 0 Å². The van der Waals surface area contributed by atoms with Crippen molar-refractivity contribution in [2.45, 2.75) is 39.5 Å². The minimum Gasteiger partial charge on any atom is -0.381 e. The van der Waals surface area contributed by atoms with E-state index in [1.165, 1.54) is 0 Å². The number of hydrogen-bond acceptors (Lipinski definition) is 1. The Morgan fingerprint density at radius 3 is 2.17 bits per heavy atom. The van der Waals surface area contributed by atoms with Crippen LogP contribution in [0.5, 0.6) is 0 Å². The summed E-state index contributed by atoms with van der Waals surface area (Å²) >= 11 is 5.91. The lowest BCUT2D eigenvalue weighted by atomic mass is 10.1. The van der Waals surface area contributed by atoms with Gasteiger partial charge in [-0.05, 0) is 25.2 Å². The lowest BCUT2D eigenvalue weighted by Crippen LogP contribution is -2.11. The van der Waals surface area contributed by atoms with Crippen LogP contribution in [0.15, 0.2) is 0 Å². The van der Waals surface area contributed by atoms with Crippen LogP contribution in [0.2, 0.25) is 0 Å². The van der Waals surface area contributed by atoms with Gasteiger partial charge < -0.3 is 4.74 Å². The number of hydrogen-bond donors (Lipinski definition) is 0. The molecular weight excluding hydrogens is 172 g/mol. The highest BCUT2D eigenvalue weighted by Gasteiger charge is 2.08.